The van der Waals surface area contributed by atoms with Crippen molar-refractivity contribution < 1.29 is 13.9 Å². The Morgan fingerprint density at radius 1 is 0.933 bits per heavy atom. The van der Waals surface area contributed by atoms with Gasteiger partial charge in [0, 0.05) is 12.2 Å². The van der Waals surface area contributed by atoms with Crippen molar-refractivity contribution in [3.05, 3.63) is 65.0 Å². The average Bonchev–Trinajstić information content (AvgIpc) is 2.78. The van der Waals surface area contributed by atoms with Crippen molar-refractivity contribution in [2.24, 2.45) is 11.8 Å². The van der Waals surface area contributed by atoms with E-state index in [2.05, 4.69) is 24.8 Å². The Labute approximate surface area is 179 Å². The van der Waals surface area contributed by atoms with Crippen LogP contribution in [0.3, 0.4) is 0 Å². The van der Waals surface area contributed by atoms with Gasteiger partial charge in [-0.1, -0.05) is 17.9 Å². The maximum absolute atomic E-state index is 14.8. The van der Waals surface area contributed by atoms with E-state index >= 15 is 0 Å². The number of hydrogen-bond donors (Lipinski definition) is 0. The molecule has 4 atom stereocenters. The van der Waals surface area contributed by atoms with Crippen molar-refractivity contribution >= 4 is 0 Å². The van der Waals surface area contributed by atoms with Crippen molar-refractivity contribution in [3.63, 3.8) is 0 Å². The van der Waals surface area contributed by atoms with Gasteiger partial charge in [0.05, 0.1) is 18.8 Å². The third kappa shape index (κ3) is 4.87. The van der Waals surface area contributed by atoms with Gasteiger partial charge in [0.25, 0.3) is 0 Å². The molecule has 2 fully saturated rings. The lowest BCUT2D eigenvalue weighted by Crippen LogP contribution is -2.33. The Morgan fingerprint density at radius 3 is 2.43 bits per heavy atom. The van der Waals surface area contributed by atoms with Crippen LogP contribution in [0.15, 0.2) is 42.5 Å². The highest BCUT2D eigenvalue weighted by Gasteiger charge is 2.36. The molecule has 2 aromatic carbocycles. The predicted molar refractivity (Wildman–Crippen MR) is 118 cm³/mol. The van der Waals surface area contributed by atoms with Gasteiger partial charge in [-0.15, -0.1) is 0 Å². The molecule has 4 unspecified atom stereocenters. The van der Waals surface area contributed by atoms with Gasteiger partial charge in [0.1, 0.15) is 11.6 Å². The molecule has 0 saturated heterocycles. The van der Waals surface area contributed by atoms with Crippen LogP contribution >= 0.6 is 0 Å². The smallest absolute Gasteiger partial charge is 0.139 e. The second-order valence-electron chi connectivity index (χ2n) is 8.64. The van der Waals surface area contributed by atoms with Gasteiger partial charge in [-0.2, -0.15) is 0 Å². The largest absolute Gasteiger partial charge is 0.497 e. The van der Waals surface area contributed by atoms with Crippen molar-refractivity contribution in [2.45, 2.75) is 57.5 Å². The van der Waals surface area contributed by atoms with Crippen LogP contribution in [0.1, 0.15) is 68.1 Å². The highest BCUT2D eigenvalue weighted by Crippen LogP contribution is 2.46. The van der Waals surface area contributed by atoms with E-state index in [9.17, 15) is 4.39 Å². The lowest BCUT2D eigenvalue weighted by molar-refractivity contribution is -0.00956. The Kier molecular flexibility index (Phi) is 6.75. The third-order valence-corrected chi connectivity index (χ3v) is 6.86. The fourth-order valence-corrected chi connectivity index (χ4v) is 5.24. The second kappa shape index (κ2) is 9.67. The first-order valence-electron chi connectivity index (χ1n) is 11.2. The minimum absolute atomic E-state index is 0.212. The summed E-state index contributed by atoms with van der Waals surface area (Å²) in [6.07, 6.45) is 7.65. The molecule has 0 radical (unpaired) electrons. The quantitative estimate of drug-likeness (QED) is 0.553. The van der Waals surface area contributed by atoms with Crippen molar-refractivity contribution in [1.29, 1.82) is 0 Å². The van der Waals surface area contributed by atoms with Crippen molar-refractivity contribution in [1.82, 2.24) is 0 Å². The van der Waals surface area contributed by atoms with Gasteiger partial charge in [-0.05, 0) is 105 Å². The molecule has 2 saturated carbocycles. The van der Waals surface area contributed by atoms with E-state index in [1.807, 2.05) is 30.3 Å². The van der Waals surface area contributed by atoms with Crippen LogP contribution in [0.4, 0.5) is 4.39 Å². The molecular formula is C27H31FO2. The zero-order valence-electron chi connectivity index (χ0n) is 18.0. The first kappa shape index (κ1) is 20.9. The van der Waals surface area contributed by atoms with Gasteiger partial charge in [-0.3, -0.25) is 0 Å². The average molecular weight is 407 g/mol. The van der Waals surface area contributed by atoms with Crippen LogP contribution in [-0.4, -0.2) is 19.8 Å². The topological polar surface area (TPSA) is 18.5 Å². The molecule has 4 rings (SSSR count). The van der Waals surface area contributed by atoms with Crippen LogP contribution in [0.5, 0.6) is 5.75 Å². The predicted octanol–water partition coefficient (Wildman–Crippen LogP) is 6.32. The van der Waals surface area contributed by atoms with Gasteiger partial charge >= 0.3 is 0 Å². The molecule has 2 aliphatic carbocycles. The molecule has 0 bridgehead atoms. The van der Waals surface area contributed by atoms with E-state index < -0.39 is 0 Å². The van der Waals surface area contributed by atoms with E-state index in [-0.39, 0.29) is 5.82 Å². The molecule has 158 valence electrons. The monoisotopic (exact) mass is 406 g/mol. The standard InChI is InChI=1S/C27H31FO2/c1-3-30-26-15-12-22-16-21(10-11-23(22)17-26)24-9-8-20(27(28)18-24)7-4-19-5-13-25(29-2)14-6-19/h5-6,8-9,13-14,18,21-23,26H,3,10-12,15-17H2,1-2H3. The Balaban J connectivity index is 1.41. The van der Waals surface area contributed by atoms with Crippen LogP contribution in [0.25, 0.3) is 0 Å². The van der Waals surface area contributed by atoms with Gasteiger partial charge in [-0.25, -0.2) is 4.39 Å². The van der Waals surface area contributed by atoms with E-state index in [0.29, 0.717) is 17.6 Å². The lowest BCUT2D eigenvalue weighted by Gasteiger charge is -2.42. The lowest BCUT2D eigenvalue weighted by atomic mass is 9.65. The van der Waals surface area contributed by atoms with Gasteiger partial charge < -0.3 is 9.47 Å². The van der Waals surface area contributed by atoms with Crippen LogP contribution in [-0.2, 0) is 4.74 Å². The Hall–Kier alpha value is -2.31. The summed E-state index contributed by atoms with van der Waals surface area (Å²) < 4.78 is 25.8. The summed E-state index contributed by atoms with van der Waals surface area (Å²) in [6, 6.07) is 13.1. The van der Waals surface area contributed by atoms with Crippen LogP contribution < -0.4 is 4.74 Å². The highest BCUT2D eigenvalue weighted by molar-refractivity contribution is 5.45. The number of halogens is 1. The summed E-state index contributed by atoms with van der Waals surface area (Å²) in [5, 5.41) is 0. The summed E-state index contributed by atoms with van der Waals surface area (Å²) >= 11 is 0. The fourth-order valence-electron chi connectivity index (χ4n) is 5.24. The van der Waals surface area contributed by atoms with Gasteiger partial charge in [0.2, 0.25) is 0 Å². The molecule has 0 N–H and O–H groups in total. The zero-order chi connectivity index (χ0) is 20.9. The molecular weight excluding hydrogens is 375 g/mol. The van der Waals surface area contributed by atoms with E-state index in [1.54, 1.807) is 13.2 Å². The SMILES string of the molecule is CCOC1CCC2CC(c3ccc(C#Cc4ccc(OC)cc4)c(F)c3)CCC2C1. The molecule has 2 aromatic rings. The summed E-state index contributed by atoms with van der Waals surface area (Å²) in [6.45, 7) is 2.90. The number of rotatable bonds is 4. The molecule has 0 amide bonds. The molecule has 3 heteroatoms. The number of hydrogen-bond acceptors (Lipinski definition) is 2. The first-order valence-corrected chi connectivity index (χ1v) is 11.2. The summed E-state index contributed by atoms with van der Waals surface area (Å²) in [5.41, 5.74) is 2.44. The molecule has 2 aliphatic rings. The highest BCUT2D eigenvalue weighted by atomic mass is 19.1. The first-order chi connectivity index (χ1) is 14.7. The number of benzene rings is 2. The normalized spacial score (nSPS) is 25.7. The minimum Gasteiger partial charge on any atom is -0.497 e. The van der Waals surface area contributed by atoms with E-state index in [0.717, 1.165) is 41.7 Å². The van der Waals surface area contributed by atoms with Crippen LogP contribution in [0, 0.1) is 29.5 Å². The van der Waals surface area contributed by atoms with Crippen LogP contribution in [0.2, 0.25) is 0 Å². The zero-order valence-corrected chi connectivity index (χ0v) is 18.0. The van der Waals surface area contributed by atoms with Crippen molar-refractivity contribution in [2.75, 3.05) is 13.7 Å². The molecule has 30 heavy (non-hydrogen) atoms. The number of ether oxygens (including phenoxy) is 2. The molecule has 0 aliphatic heterocycles. The summed E-state index contributed by atoms with van der Waals surface area (Å²) in [4.78, 5) is 0. The summed E-state index contributed by atoms with van der Waals surface area (Å²) in [5.74, 6) is 8.61. The maximum Gasteiger partial charge on any atom is 0.139 e. The van der Waals surface area contributed by atoms with E-state index in [1.165, 1.54) is 32.1 Å². The minimum atomic E-state index is -0.212. The number of fused-ring (bicyclic) bond motifs is 1. The Morgan fingerprint density at radius 2 is 1.70 bits per heavy atom. The molecule has 0 aromatic heterocycles. The van der Waals surface area contributed by atoms with Gasteiger partial charge in [0.15, 0.2) is 0 Å². The molecule has 0 heterocycles. The Bertz CT molecular complexity index is 909. The number of methoxy groups -OCH3 is 1. The fraction of sp³-hybridized carbons (Fsp3) is 0.481. The second-order valence-corrected chi connectivity index (χ2v) is 8.64. The third-order valence-electron chi connectivity index (χ3n) is 6.86. The van der Waals surface area contributed by atoms with Crippen molar-refractivity contribution in [3.8, 4) is 17.6 Å². The summed E-state index contributed by atoms with van der Waals surface area (Å²) in [7, 11) is 1.63. The maximum atomic E-state index is 14.8. The molecule has 0 spiro atoms. The van der Waals surface area contributed by atoms with E-state index in [4.69, 9.17) is 9.47 Å². The molecule has 2 nitrogen and oxygen atoms in total.